The van der Waals surface area contributed by atoms with Crippen molar-refractivity contribution in [3.05, 3.63) is 185 Å². The molecule has 0 unspecified atom stereocenters. The lowest BCUT2D eigenvalue weighted by molar-refractivity contribution is 0.416. The minimum Gasteiger partial charge on any atom is -0.496 e. The van der Waals surface area contributed by atoms with E-state index in [0.29, 0.717) is 10.6 Å². The first-order valence-electron chi connectivity index (χ1n) is 24.4. The normalized spacial score (nSPS) is 14.0. The topological polar surface area (TPSA) is 75.5 Å². The number of methoxy groups -OCH3 is 1. The number of fused-ring (bicyclic) bond motifs is 2. The number of rotatable bonds is 7. The molecule has 2 aromatic heterocycles. The van der Waals surface area contributed by atoms with Crippen LogP contribution in [-0.4, -0.2) is 45.6 Å². The standard InChI is InChI=1S/C26H35OP.C17H15N.C9H6ClN.C8H11BO2/c1-20-11-9-18-25(27-2)26(20)21-12-10-17-24(19-21)28(22-13-5-3-6-14-22)23-15-7-4-8-16-23;1-12-9-13(2)11-15(10-12)17-16-6-4-3-5-14(16)7-8-18-17;10-9-8-4-2-1-3-7(8)5-6-11-9;1-6-3-7(2)5-8(4-6)9(10)11/h9-12,17-19,22-23H,3-8,13-16H2,1-2H3;3-11H,1-2H3;1-6H;3-5,10-11H,1-2H3. The Kier molecular flexibility index (Phi) is 18.4. The Morgan fingerprint density at radius 1 is 0.544 bits per heavy atom. The van der Waals surface area contributed by atoms with E-state index in [1.807, 2.05) is 56.4 Å². The molecule has 8 heteroatoms. The summed E-state index contributed by atoms with van der Waals surface area (Å²) in [6, 6.07) is 48.4. The van der Waals surface area contributed by atoms with Gasteiger partial charge in [0.1, 0.15) is 10.9 Å². The lowest BCUT2D eigenvalue weighted by Crippen LogP contribution is -2.30. The van der Waals surface area contributed by atoms with Crippen molar-refractivity contribution in [2.24, 2.45) is 0 Å². The van der Waals surface area contributed by atoms with Crippen LogP contribution >= 0.6 is 19.5 Å². The second-order valence-corrected chi connectivity index (χ2v) is 21.7. The Morgan fingerprint density at radius 2 is 1.07 bits per heavy atom. The van der Waals surface area contributed by atoms with Gasteiger partial charge in [0.15, 0.2) is 0 Å². The summed E-state index contributed by atoms with van der Waals surface area (Å²) in [5.74, 6) is 0.997. The van der Waals surface area contributed by atoms with Gasteiger partial charge in [-0.25, -0.2) is 4.98 Å². The van der Waals surface area contributed by atoms with Gasteiger partial charge in [-0.15, -0.1) is 0 Å². The molecule has 2 heterocycles. The summed E-state index contributed by atoms with van der Waals surface area (Å²) in [5, 5.41) is 24.5. The minimum absolute atomic E-state index is 0.0630. The fourth-order valence-electron chi connectivity index (χ4n) is 10.1. The van der Waals surface area contributed by atoms with Crippen molar-refractivity contribution in [3.63, 3.8) is 0 Å². The van der Waals surface area contributed by atoms with E-state index in [0.717, 1.165) is 44.7 Å². The number of aromatic nitrogens is 2. The summed E-state index contributed by atoms with van der Waals surface area (Å²) in [6.45, 7) is 10.3. The molecule has 10 rings (SSSR count). The number of hydrogen-bond donors (Lipinski definition) is 2. The second-order valence-electron chi connectivity index (χ2n) is 18.6. The molecule has 350 valence electrons. The molecule has 68 heavy (non-hydrogen) atoms. The van der Waals surface area contributed by atoms with Crippen molar-refractivity contribution in [1.29, 1.82) is 0 Å². The maximum atomic E-state index is 8.83. The highest BCUT2D eigenvalue weighted by molar-refractivity contribution is 7.67. The largest absolute Gasteiger partial charge is 0.496 e. The van der Waals surface area contributed by atoms with Crippen LogP contribution in [0.15, 0.2) is 152 Å². The molecule has 5 nitrogen and oxygen atoms in total. The number of ether oxygens (including phenoxy) is 1. The van der Waals surface area contributed by atoms with Crippen LogP contribution in [0.25, 0.3) is 43.9 Å². The van der Waals surface area contributed by atoms with Gasteiger partial charge in [0, 0.05) is 34.3 Å². The van der Waals surface area contributed by atoms with E-state index in [2.05, 4.69) is 122 Å². The molecule has 0 aliphatic heterocycles. The lowest BCUT2D eigenvalue weighted by atomic mass is 9.79. The summed E-state index contributed by atoms with van der Waals surface area (Å²) in [6.07, 6.45) is 18.1. The average Bonchev–Trinajstić information content (AvgIpc) is 3.35. The maximum absolute atomic E-state index is 8.83. The molecular weight excluding hydrogens is 874 g/mol. The van der Waals surface area contributed by atoms with Crippen LogP contribution in [0.2, 0.25) is 5.15 Å². The van der Waals surface area contributed by atoms with E-state index >= 15 is 0 Å². The van der Waals surface area contributed by atoms with Crippen molar-refractivity contribution < 1.29 is 14.8 Å². The first-order chi connectivity index (χ1) is 33.0. The number of aryl methyl sites for hydroxylation is 5. The zero-order valence-electron chi connectivity index (χ0n) is 40.8. The van der Waals surface area contributed by atoms with Gasteiger partial charge >= 0.3 is 7.12 Å². The Bertz CT molecular complexity index is 2820. The Morgan fingerprint density at radius 3 is 1.65 bits per heavy atom. The molecule has 8 aromatic rings. The fraction of sp³-hybridized carbons (Fsp3) is 0.300. The molecule has 0 saturated heterocycles. The highest BCUT2D eigenvalue weighted by atomic mass is 35.5. The second kappa shape index (κ2) is 24.8. The van der Waals surface area contributed by atoms with Crippen LogP contribution in [0.1, 0.15) is 92.0 Å². The van der Waals surface area contributed by atoms with Crippen molar-refractivity contribution in [1.82, 2.24) is 9.97 Å². The van der Waals surface area contributed by atoms with E-state index in [9.17, 15) is 0 Å². The van der Waals surface area contributed by atoms with Crippen LogP contribution in [0.5, 0.6) is 5.75 Å². The molecule has 2 N–H and O–H groups in total. The van der Waals surface area contributed by atoms with Crippen molar-refractivity contribution in [2.45, 2.75) is 110 Å². The SMILES string of the molecule is COc1cccc(C)c1-c1cccc(P(C2CCCCC2)C2CCCCC2)c1.Cc1cc(C)cc(-c2nccc3ccccc23)c1.Cc1cc(C)cc(B(O)O)c1.Clc1nccc2ccccc12. The number of pyridine rings is 2. The molecule has 0 spiro atoms. The van der Waals surface area contributed by atoms with Gasteiger partial charge in [-0.3, -0.25) is 4.98 Å². The quantitative estimate of drug-likeness (QED) is 0.0946. The van der Waals surface area contributed by atoms with Crippen LogP contribution in [0.4, 0.5) is 0 Å². The summed E-state index contributed by atoms with van der Waals surface area (Å²) in [5.41, 5.74) is 13.3. The fourth-order valence-corrected chi connectivity index (χ4v) is 14.2. The van der Waals surface area contributed by atoms with E-state index < -0.39 is 7.12 Å². The van der Waals surface area contributed by atoms with Gasteiger partial charge in [0.2, 0.25) is 0 Å². The molecule has 6 aromatic carbocycles. The van der Waals surface area contributed by atoms with Gasteiger partial charge in [-0.1, -0.05) is 183 Å². The molecule has 0 amide bonds. The highest BCUT2D eigenvalue weighted by Gasteiger charge is 2.32. The highest BCUT2D eigenvalue weighted by Crippen LogP contribution is 2.55. The summed E-state index contributed by atoms with van der Waals surface area (Å²) >= 11 is 5.85. The predicted octanol–water partition coefficient (Wildman–Crippen LogP) is 14.8. The number of nitrogens with zero attached hydrogens (tertiary/aromatic N) is 2. The van der Waals surface area contributed by atoms with Crippen molar-refractivity contribution >= 4 is 59.0 Å². The lowest BCUT2D eigenvalue weighted by Gasteiger charge is -2.39. The molecule has 0 bridgehead atoms. The van der Waals surface area contributed by atoms with Gasteiger partial charge in [0.25, 0.3) is 0 Å². The number of hydrogen-bond acceptors (Lipinski definition) is 5. The monoisotopic (exact) mass is 940 g/mol. The molecular formula is C60H67BClN2O3P. The van der Waals surface area contributed by atoms with Gasteiger partial charge in [0.05, 0.1) is 12.8 Å². The van der Waals surface area contributed by atoms with Crippen LogP contribution in [0, 0.1) is 34.6 Å². The summed E-state index contributed by atoms with van der Waals surface area (Å²) in [4.78, 5) is 8.53. The van der Waals surface area contributed by atoms with Gasteiger partial charge in [-0.2, -0.15) is 0 Å². The van der Waals surface area contributed by atoms with E-state index in [-0.39, 0.29) is 7.92 Å². The third-order valence-electron chi connectivity index (χ3n) is 13.2. The number of benzene rings is 6. The average molecular weight is 941 g/mol. The van der Waals surface area contributed by atoms with Crippen LogP contribution in [-0.2, 0) is 0 Å². The van der Waals surface area contributed by atoms with Crippen molar-refractivity contribution in [3.8, 4) is 28.1 Å². The summed E-state index contributed by atoms with van der Waals surface area (Å²) < 4.78 is 5.72. The third-order valence-corrected chi connectivity index (χ3v) is 16.9. The van der Waals surface area contributed by atoms with E-state index in [1.165, 1.54) is 108 Å². The Hall–Kier alpha value is -5.36. The minimum atomic E-state index is -1.35. The van der Waals surface area contributed by atoms with E-state index in [1.54, 1.807) is 30.7 Å². The molecule has 2 saturated carbocycles. The Balaban J connectivity index is 0.000000146. The van der Waals surface area contributed by atoms with Gasteiger partial charge in [-0.05, 0) is 141 Å². The van der Waals surface area contributed by atoms with Crippen LogP contribution in [0.3, 0.4) is 0 Å². The zero-order valence-corrected chi connectivity index (χ0v) is 42.4. The van der Waals surface area contributed by atoms with Gasteiger partial charge < -0.3 is 14.8 Å². The maximum Gasteiger partial charge on any atom is 0.488 e. The molecule has 0 atom stereocenters. The van der Waals surface area contributed by atoms with Crippen LogP contribution < -0.4 is 15.5 Å². The Labute approximate surface area is 411 Å². The smallest absolute Gasteiger partial charge is 0.488 e. The predicted molar refractivity (Wildman–Crippen MR) is 293 cm³/mol. The van der Waals surface area contributed by atoms with Crippen molar-refractivity contribution in [2.75, 3.05) is 7.11 Å². The zero-order chi connectivity index (χ0) is 48.0. The number of halogens is 1. The van der Waals surface area contributed by atoms with E-state index in [4.69, 9.17) is 26.4 Å². The molecule has 2 aliphatic rings. The third kappa shape index (κ3) is 13.5. The molecule has 2 fully saturated rings. The first kappa shape index (κ1) is 50.5. The molecule has 2 aliphatic carbocycles. The first-order valence-corrected chi connectivity index (χ1v) is 26.2. The molecule has 0 radical (unpaired) electrons. The summed E-state index contributed by atoms with van der Waals surface area (Å²) in [7, 11) is 0.375.